The van der Waals surface area contributed by atoms with Gasteiger partial charge < -0.3 is 10.6 Å². The average Bonchev–Trinajstić information content (AvgIpc) is 2.48. The third-order valence-electron chi connectivity index (χ3n) is 2.87. The third-order valence-corrected chi connectivity index (χ3v) is 3.10. The normalized spacial score (nSPS) is 11.5. The molecule has 0 aliphatic carbocycles. The fourth-order valence-electron chi connectivity index (χ4n) is 1.84. The van der Waals surface area contributed by atoms with Crippen LogP contribution in [0, 0.1) is 0 Å². The minimum absolute atomic E-state index is 0.0329. The SMILES string of the molecule is CC(C)NC(=O)c1cnc(Nc2ccc(Cl)cc2C(F)(F)F)nc1. The van der Waals surface area contributed by atoms with Crippen LogP contribution >= 0.6 is 11.6 Å². The van der Waals surface area contributed by atoms with Crippen LogP contribution in [0.5, 0.6) is 0 Å². The molecule has 0 atom stereocenters. The van der Waals surface area contributed by atoms with Crippen molar-refractivity contribution in [3.63, 3.8) is 0 Å². The highest BCUT2D eigenvalue weighted by Crippen LogP contribution is 2.37. The summed E-state index contributed by atoms with van der Waals surface area (Å²) >= 11 is 5.62. The van der Waals surface area contributed by atoms with Crippen LogP contribution in [-0.2, 0) is 6.18 Å². The van der Waals surface area contributed by atoms with E-state index in [0.29, 0.717) is 0 Å². The summed E-state index contributed by atoms with van der Waals surface area (Å²) in [6.07, 6.45) is -2.11. The number of carbonyl (C=O) groups excluding carboxylic acids is 1. The maximum atomic E-state index is 13.0. The van der Waals surface area contributed by atoms with E-state index < -0.39 is 11.7 Å². The molecule has 0 radical (unpaired) electrons. The minimum Gasteiger partial charge on any atom is -0.350 e. The average molecular weight is 359 g/mol. The van der Waals surface area contributed by atoms with Gasteiger partial charge >= 0.3 is 6.18 Å². The van der Waals surface area contributed by atoms with Crippen molar-refractivity contribution in [1.29, 1.82) is 0 Å². The van der Waals surface area contributed by atoms with E-state index in [9.17, 15) is 18.0 Å². The molecular formula is C15H14ClF3N4O. The molecular weight excluding hydrogens is 345 g/mol. The van der Waals surface area contributed by atoms with Gasteiger partial charge in [-0.25, -0.2) is 9.97 Å². The van der Waals surface area contributed by atoms with Gasteiger partial charge in [0.2, 0.25) is 5.95 Å². The fraction of sp³-hybridized carbons (Fsp3) is 0.267. The molecule has 0 bridgehead atoms. The molecule has 0 spiro atoms. The van der Waals surface area contributed by atoms with Gasteiger partial charge in [-0.2, -0.15) is 13.2 Å². The van der Waals surface area contributed by atoms with E-state index in [4.69, 9.17) is 11.6 Å². The first-order chi connectivity index (χ1) is 11.2. The number of aromatic nitrogens is 2. The molecule has 2 N–H and O–H groups in total. The second-order valence-corrected chi connectivity index (χ2v) is 5.67. The maximum Gasteiger partial charge on any atom is 0.418 e. The van der Waals surface area contributed by atoms with E-state index in [1.54, 1.807) is 13.8 Å². The molecule has 0 saturated carbocycles. The number of nitrogens with zero attached hydrogens (tertiary/aromatic N) is 2. The molecule has 0 aliphatic rings. The topological polar surface area (TPSA) is 66.9 Å². The van der Waals surface area contributed by atoms with Gasteiger partial charge in [0.25, 0.3) is 5.91 Å². The van der Waals surface area contributed by atoms with Crippen LogP contribution in [0.3, 0.4) is 0 Å². The first kappa shape index (κ1) is 18.0. The lowest BCUT2D eigenvalue weighted by molar-refractivity contribution is -0.136. The highest BCUT2D eigenvalue weighted by molar-refractivity contribution is 6.30. The number of benzene rings is 1. The first-order valence-corrected chi connectivity index (χ1v) is 7.31. The molecule has 2 aromatic rings. The van der Waals surface area contributed by atoms with Gasteiger partial charge in [0.15, 0.2) is 0 Å². The van der Waals surface area contributed by atoms with Crippen molar-refractivity contribution in [2.45, 2.75) is 26.1 Å². The third kappa shape index (κ3) is 4.58. The van der Waals surface area contributed by atoms with E-state index >= 15 is 0 Å². The van der Waals surface area contributed by atoms with Gasteiger partial charge in [0.1, 0.15) is 0 Å². The van der Waals surface area contributed by atoms with Gasteiger partial charge in [-0.3, -0.25) is 4.79 Å². The Kier molecular flexibility index (Phi) is 5.28. The lowest BCUT2D eigenvalue weighted by Gasteiger charge is -2.14. The Morgan fingerprint density at radius 1 is 1.21 bits per heavy atom. The number of hydrogen-bond acceptors (Lipinski definition) is 4. The molecule has 1 aromatic heterocycles. The quantitative estimate of drug-likeness (QED) is 0.866. The van der Waals surface area contributed by atoms with Gasteiger partial charge in [0, 0.05) is 23.5 Å². The van der Waals surface area contributed by atoms with Crippen LogP contribution in [0.1, 0.15) is 29.8 Å². The summed E-state index contributed by atoms with van der Waals surface area (Å²) in [6.45, 7) is 3.60. The smallest absolute Gasteiger partial charge is 0.350 e. The summed E-state index contributed by atoms with van der Waals surface area (Å²) in [6, 6.07) is 3.27. The number of halogens is 4. The lowest BCUT2D eigenvalue weighted by atomic mass is 10.1. The van der Waals surface area contributed by atoms with E-state index in [0.717, 1.165) is 6.07 Å². The molecule has 0 fully saturated rings. The fourth-order valence-corrected chi connectivity index (χ4v) is 2.01. The Morgan fingerprint density at radius 2 is 1.83 bits per heavy atom. The Labute approximate surface area is 141 Å². The Balaban J connectivity index is 2.22. The second-order valence-electron chi connectivity index (χ2n) is 5.24. The van der Waals surface area contributed by atoms with Gasteiger partial charge in [-0.05, 0) is 32.0 Å². The molecule has 0 unspecified atom stereocenters. The summed E-state index contributed by atoms with van der Waals surface area (Å²) in [5.74, 6) is -0.428. The van der Waals surface area contributed by atoms with Gasteiger partial charge in [0.05, 0.1) is 16.8 Å². The monoisotopic (exact) mass is 358 g/mol. The number of amides is 1. The number of anilines is 2. The van der Waals surface area contributed by atoms with Crippen molar-refractivity contribution >= 4 is 29.1 Å². The van der Waals surface area contributed by atoms with Crippen molar-refractivity contribution in [1.82, 2.24) is 15.3 Å². The zero-order chi connectivity index (χ0) is 17.9. The summed E-state index contributed by atoms with van der Waals surface area (Å²) in [7, 11) is 0. The van der Waals surface area contributed by atoms with Crippen molar-refractivity contribution in [2.75, 3.05) is 5.32 Å². The second kappa shape index (κ2) is 7.04. The van der Waals surface area contributed by atoms with Gasteiger partial charge in [-0.1, -0.05) is 11.6 Å². The molecule has 24 heavy (non-hydrogen) atoms. The van der Waals surface area contributed by atoms with Crippen LogP contribution < -0.4 is 10.6 Å². The van der Waals surface area contributed by atoms with Crippen LogP contribution in [-0.4, -0.2) is 21.9 Å². The standard InChI is InChI=1S/C15H14ClF3N4O/c1-8(2)22-13(24)9-6-20-14(21-7-9)23-12-4-3-10(16)5-11(12)15(17,18)19/h3-8H,1-2H3,(H,22,24)(H,20,21,23). The Morgan fingerprint density at radius 3 is 2.38 bits per heavy atom. The molecule has 9 heteroatoms. The van der Waals surface area contributed by atoms with E-state index in [1.165, 1.54) is 24.5 Å². The number of rotatable bonds is 4. The first-order valence-electron chi connectivity index (χ1n) is 6.93. The molecule has 1 aromatic carbocycles. The van der Waals surface area contributed by atoms with E-state index in [1.807, 2.05) is 0 Å². The maximum absolute atomic E-state index is 13.0. The van der Waals surface area contributed by atoms with Gasteiger partial charge in [-0.15, -0.1) is 0 Å². The number of nitrogens with one attached hydrogen (secondary N) is 2. The summed E-state index contributed by atoms with van der Waals surface area (Å²) < 4.78 is 39.1. The highest BCUT2D eigenvalue weighted by Gasteiger charge is 2.34. The Hall–Kier alpha value is -2.35. The van der Waals surface area contributed by atoms with E-state index in [-0.39, 0.29) is 34.2 Å². The molecule has 1 heterocycles. The number of carbonyl (C=O) groups is 1. The predicted molar refractivity (Wildman–Crippen MR) is 84.4 cm³/mol. The number of hydrogen-bond donors (Lipinski definition) is 2. The van der Waals surface area contributed by atoms with Crippen molar-refractivity contribution in [3.05, 3.63) is 46.7 Å². The Bertz CT molecular complexity index is 732. The number of alkyl halides is 3. The van der Waals surface area contributed by atoms with Crippen LogP contribution in [0.15, 0.2) is 30.6 Å². The molecule has 0 saturated heterocycles. The molecule has 0 aliphatic heterocycles. The molecule has 1 amide bonds. The largest absolute Gasteiger partial charge is 0.418 e. The molecule has 128 valence electrons. The van der Waals surface area contributed by atoms with Crippen molar-refractivity contribution < 1.29 is 18.0 Å². The lowest BCUT2D eigenvalue weighted by Crippen LogP contribution is -2.30. The molecule has 2 rings (SSSR count). The zero-order valence-corrected chi connectivity index (χ0v) is 13.5. The van der Waals surface area contributed by atoms with Crippen LogP contribution in [0.25, 0.3) is 0 Å². The van der Waals surface area contributed by atoms with Crippen molar-refractivity contribution in [3.8, 4) is 0 Å². The zero-order valence-electron chi connectivity index (χ0n) is 12.8. The summed E-state index contributed by atoms with van der Waals surface area (Å²) in [4.78, 5) is 19.5. The summed E-state index contributed by atoms with van der Waals surface area (Å²) in [5, 5.41) is 5.11. The summed E-state index contributed by atoms with van der Waals surface area (Å²) in [5.41, 5.74) is -0.951. The predicted octanol–water partition coefficient (Wildman–Crippen LogP) is 4.03. The minimum atomic E-state index is -4.58. The van der Waals surface area contributed by atoms with Crippen LogP contribution in [0.2, 0.25) is 5.02 Å². The van der Waals surface area contributed by atoms with E-state index in [2.05, 4.69) is 20.6 Å². The highest BCUT2D eigenvalue weighted by atomic mass is 35.5. The van der Waals surface area contributed by atoms with Crippen LogP contribution in [0.4, 0.5) is 24.8 Å². The van der Waals surface area contributed by atoms with Crippen molar-refractivity contribution in [2.24, 2.45) is 0 Å². The molecule has 5 nitrogen and oxygen atoms in total.